The summed E-state index contributed by atoms with van der Waals surface area (Å²) < 4.78 is 0. The van der Waals surface area contributed by atoms with E-state index >= 15 is 0 Å². The number of carbonyl (C=O) groups is 3. The fourth-order valence-electron chi connectivity index (χ4n) is 3.33. The Bertz CT molecular complexity index is 1220. The summed E-state index contributed by atoms with van der Waals surface area (Å²) in [5, 5.41) is 12.3. The normalized spacial score (nSPS) is 15.3. The van der Waals surface area contributed by atoms with Crippen LogP contribution in [0.5, 0.6) is 5.75 Å². The molecule has 0 aliphatic carbocycles. The number of carbonyl (C=O) groups excluding carboxylic acids is 3. The third-order valence-electron chi connectivity index (χ3n) is 4.90. The van der Waals surface area contributed by atoms with Crippen molar-refractivity contribution in [3.8, 4) is 5.75 Å². The highest BCUT2D eigenvalue weighted by molar-refractivity contribution is 6.39. The molecular weight excluding hydrogens is 416 g/mol. The number of amides is 4. The number of benzene rings is 3. The maximum Gasteiger partial charge on any atom is 0.335 e. The molecule has 4 rings (SSSR count). The van der Waals surface area contributed by atoms with Crippen molar-refractivity contribution in [3.63, 3.8) is 0 Å². The summed E-state index contributed by atoms with van der Waals surface area (Å²) >= 11 is 6.28. The maximum absolute atomic E-state index is 13.1. The van der Waals surface area contributed by atoms with E-state index in [0.717, 1.165) is 16.0 Å². The Morgan fingerprint density at radius 2 is 1.52 bits per heavy atom. The summed E-state index contributed by atoms with van der Waals surface area (Å²) in [6.45, 7) is 0. The Balaban J connectivity index is 1.71. The first-order valence-corrected chi connectivity index (χ1v) is 9.83. The topological polar surface area (TPSA) is 86.7 Å². The van der Waals surface area contributed by atoms with Gasteiger partial charge in [-0.1, -0.05) is 54.1 Å². The van der Waals surface area contributed by atoms with Gasteiger partial charge in [0.05, 0.1) is 5.69 Å². The van der Waals surface area contributed by atoms with E-state index in [1.807, 2.05) is 30.3 Å². The first-order valence-electron chi connectivity index (χ1n) is 9.46. The number of imide groups is 2. The van der Waals surface area contributed by atoms with Crippen LogP contribution in [-0.2, 0) is 16.0 Å². The van der Waals surface area contributed by atoms with E-state index in [1.165, 1.54) is 30.3 Å². The molecule has 0 atom stereocenters. The smallest absolute Gasteiger partial charge is 0.335 e. The van der Waals surface area contributed by atoms with E-state index in [1.54, 1.807) is 18.2 Å². The van der Waals surface area contributed by atoms with E-state index in [0.29, 0.717) is 17.0 Å². The van der Waals surface area contributed by atoms with E-state index in [2.05, 4.69) is 5.32 Å². The average molecular weight is 433 g/mol. The van der Waals surface area contributed by atoms with Crippen molar-refractivity contribution in [1.29, 1.82) is 0 Å². The van der Waals surface area contributed by atoms with E-state index in [-0.39, 0.29) is 17.0 Å². The molecule has 1 heterocycles. The number of urea groups is 1. The highest BCUT2D eigenvalue weighted by Crippen LogP contribution is 2.26. The summed E-state index contributed by atoms with van der Waals surface area (Å²) in [4.78, 5) is 38.7. The summed E-state index contributed by atoms with van der Waals surface area (Å²) in [7, 11) is 0. The van der Waals surface area contributed by atoms with Crippen molar-refractivity contribution >= 4 is 41.2 Å². The number of hydrogen-bond donors (Lipinski definition) is 2. The molecule has 0 aromatic heterocycles. The molecule has 0 spiro atoms. The largest absolute Gasteiger partial charge is 0.508 e. The SMILES string of the molecule is O=C1NC(=O)N(c2ccc(O)cc2)C(=O)/C1=C/c1ccccc1Cc1ccccc1Cl. The van der Waals surface area contributed by atoms with Crippen LogP contribution in [0.15, 0.2) is 78.4 Å². The number of anilines is 1. The zero-order valence-electron chi connectivity index (χ0n) is 16.2. The van der Waals surface area contributed by atoms with Crippen LogP contribution in [0.2, 0.25) is 5.02 Å². The molecule has 7 heteroatoms. The Kier molecular flexibility index (Phi) is 5.56. The van der Waals surface area contributed by atoms with Crippen LogP contribution in [0, 0.1) is 0 Å². The van der Waals surface area contributed by atoms with Gasteiger partial charge in [-0.15, -0.1) is 0 Å². The van der Waals surface area contributed by atoms with Gasteiger partial charge in [-0.25, -0.2) is 9.69 Å². The summed E-state index contributed by atoms with van der Waals surface area (Å²) in [5.41, 5.74) is 2.52. The molecule has 0 saturated carbocycles. The zero-order chi connectivity index (χ0) is 22.0. The van der Waals surface area contributed by atoms with Crippen LogP contribution in [0.4, 0.5) is 10.5 Å². The van der Waals surface area contributed by atoms with Gasteiger partial charge in [-0.2, -0.15) is 0 Å². The van der Waals surface area contributed by atoms with Crippen LogP contribution in [0.25, 0.3) is 6.08 Å². The minimum Gasteiger partial charge on any atom is -0.508 e. The number of phenols is 1. The predicted molar refractivity (Wildman–Crippen MR) is 118 cm³/mol. The third-order valence-corrected chi connectivity index (χ3v) is 5.27. The van der Waals surface area contributed by atoms with E-state index < -0.39 is 17.8 Å². The molecule has 1 aliphatic rings. The number of nitrogens with zero attached hydrogens (tertiary/aromatic N) is 1. The lowest BCUT2D eigenvalue weighted by molar-refractivity contribution is -0.122. The second kappa shape index (κ2) is 8.45. The molecule has 0 unspecified atom stereocenters. The third kappa shape index (κ3) is 4.20. The number of barbiturate groups is 1. The van der Waals surface area contributed by atoms with Crippen molar-refractivity contribution in [2.45, 2.75) is 6.42 Å². The number of nitrogens with one attached hydrogen (secondary N) is 1. The minimum atomic E-state index is -0.845. The number of phenolic OH excluding ortho intramolecular Hbond substituents is 1. The van der Waals surface area contributed by atoms with Gasteiger partial charge in [0.1, 0.15) is 11.3 Å². The molecule has 1 saturated heterocycles. The molecule has 6 nitrogen and oxygen atoms in total. The van der Waals surface area contributed by atoms with Crippen molar-refractivity contribution < 1.29 is 19.5 Å². The maximum atomic E-state index is 13.1. The van der Waals surface area contributed by atoms with Gasteiger partial charge >= 0.3 is 6.03 Å². The van der Waals surface area contributed by atoms with Crippen LogP contribution >= 0.6 is 11.6 Å². The molecular formula is C24H17ClN2O4. The molecule has 3 aromatic rings. The standard InChI is InChI=1S/C24H17ClN2O4/c25-21-8-4-3-7-17(21)13-15-5-1-2-6-16(15)14-20-22(29)26-24(31)27(23(20)30)18-9-11-19(28)12-10-18/h1-12,14,28H,13H2,(H,26,29,31)/b20-14+. The number of halogens is 1. The van der Waals surface area contributed by atoms with Gasteiger partial charge in [0.25, 0.3) is 11.8 Å². The monoisotopic (exact) mass is 432 g/mol. The average Bonchev–Trinajstić information content (AvgIpc) is 2.75. The first kappa shape index (κ1) is 20.4. The summed E-state index contributed by atoms with van der Waals surface area (Å²) in [5.74, 6) is -1.52. The molecule has 0 radical (unpaired) electrons. The molecule has 4 amide bonds. The number of rotatable bonds is 4. The Morgan fingerprint density at radius 1 is 0.871 bits per heavy atom. The van der Waals surface area contributed by atoms with Gasteiger partial charge in [-0.3, -0.25) is 14.9 Å². The highest BCUT2D eigenvalue weighted by atomic mass is 35.5. The van der Waals surface area contributed by atoms with Crippen molar-refractivity contribution in [3.05, 3.63) is 100 Å². The molecule has 3 aromatic carbocycles. The number of aromatic hydroxyl groups is 1. The first-order chi connectivity index (χ1) is 14.9. The minimum absolute atomic E-state index is 0.00559. The molecule has 0 bridgehead atoms. The molecule has 1 fully saturated rings. The van der Waals surface area contributed by atoms with Crippen LogP contribution < -0.4 is 10.2 Å². The van der Waals surface area contributed by atoms with Crippen molar-refractivity contribution in [1.82, 2.24) is 5.32 Å². The summed E-state index contributed by atoms with van der Waals surface area (Å²) in [6, 6.07) is 19.5. The van der Waals surface area contributed by atoms with Gasteiger partial charge in [0.15, 0.2) is 0 Å². The molecule has 1 aliphatic heterocycles. The Morgan fingerprint density at radius 3 is 2.23 bits per heavy atom. The summed E-state index contributed by atoms with van der Waals surface area (Å²) in [6.07, 6.45) is 1.99. The Labute approximate surface area is 183 Å². The van der Waals surface area contributed by atoms with Crippen LogP contribution in [0.3, 0.4) is 0 Å². The second-order valence-electron chi connectivity index (χ2n) is 6.94. The van der Waals surface area contributed by atoms with Crippen molar-refractivity contribution in [2.24, 2.45) is 0 Å². The fourth-order valence-corrected chi connectivity index (χ4v) is 3.53. The number of hydrogen-bond acceptors (Lipinski definition) is 4. The van der Waals surface area contributed by atoms with Gasteiger partial charge in [0.2, 0.25) is 0 Å². The highest BCUT2D eigenvalue weighted by Gasteiger charge is 2.36. The zero-order valence-corrected chi connectivity index (χ0v) is 17.0. The lowest BCUT2D eigenvalue weighted by Gasteiger charge is -2.26. The molecule has 31 heavy (non-hydrogen) atoms. The van der Waals surface area contributed by atoms with Gasteiger partial charge < -0.3 is 5.11 Å². The van der Waals surface area contributed by atoms with E-state index in [4.69, 9.17) is 11.6 Å². The fraction of sp³-hybridized carbons (Fsp3) is 0.0417. The van der Waals surface area contributed by atoms with Gasteiger partial charge in [0, 0.05) is 5.02 Å². The lowest BCUT2D eigenvalue weighted by Crippen LogP contribution is -2.54. The predicted octanol–water partition coefficient (Wildman–Crippen LogP) is 4.30. The second-order valence-corrected chi connectivity index (χ2v) is 7.35. The molecule has 154 valence electrons. The van der Waals surface area contributed by atoms with Crippen LogP contribution in [-0.4, -0.2) is 23.0 Å². The lowest BCUT2D eigenvalue weighted by atomic mass is 9.97. The quantitative estimate of drug-likeness (QED) is 0.475. The van der Waals surface area contributed by atoms with Crippen LogP contribution in [0.1, 0.15) is 16.7 Å². The Hall–Kier alpha value is -3.90. The van der Waals surface area contributed by atoms with E-state index in [9.17, 15) is 19.5 Å². The van der Waals surface area contributed by atoms with Gasteiger partial charge in [-0.05, 0) is 59.5 Å². The van der Waals surface area contributed by atoms with Crippen molar-refractivity contribution in [2.75, 3.05) is 4.90 Å². The molecule has 2 N–H and O–H groups in total.